The van der Waals surface area contributed by atoms with E-state index in [4.69, 9.17) is 9.26 Å². The minimum atomic E-state index is 0.162. The van der Waals surface area contributed by atoms with E-state index >= 15 is 0 Å². The van der Waals surface area contributed by atoms with Gasteiger partial charge in [0.25, 0.3) is 0 Å². The number of ether oxygens (including phenoxy) is 1. The highest BCUT2D eigenvalue weighted by Crippen LogP contribution is 2.29. The van der Waals surface area contributed by atoms with Gasteiger partial charge in [0.05, 0.1) is 23.7 Å². The Labute approximate surface area is 116 Å². The number of aryl methyl sites for hydroxylation is 1. The summed E-state index contributed by atoms with van der Waals surface area (Å²) in [6, 6.07) is 3.91. The zero-order valence-corrected chi connectivity index (χ0v) is 12.1. The highest BCUT2D eigenvalue weighted by atomic mass is 32.2. The van der Waals surface area contributed by atoms with Crippen molar-refractivity contribution < 1.29 is 9.26 Å². The fourth-order valence-electron chi connectivity index (χ4n) is 1.51. The van der Waals surface area contributed by atoms with Crippen LogP contribution in [-0.2, 0) is 5.75 Å². The summed E-state index contributed by atoms with van der Waals surface area (Å²) in [5.74, 6) is 2.93. The quantitative estimate of drug-likeness (QED) is 0.809. The topological polar surface area (TPSA) is 61.0 Å². The Balaban J connectivity index is 1.87. The molecule has 0 bridgehead atoms. The summed E-state index contributed by atoms with van der Waals surface area (Å²) in [7, 11) is 0. The Morgan fingerprint density at radius 3 is 2.84 bits per heavy atom. The number of rotatable bonds is 6. The van der Waals surface area contributed by atoms with Crippen LogP contribution in [0.4, 0.5) is 0 Å². The van der Waals surface area contributed by atoms with Crippen LogP contribution in [0.3, 0.4) is 0 Å². The second kappa shape index (κ2) is 6.56. The third-order valence-electron chi connectivity index (χ3n) is 2.48. The second-order valence-electron chi connectivity index (χ2n) is 4.05. The van der Waals surface area contributed by atoms with Crippen LogP contribution in [0.15, 0.2) is 22.9 Å². The molecular formula is C13H17N3O2S. The molecule has 2 aromatic heterocycles. The van der Waals surface area contributed by atoms with Crippen molar-refractivity contribution in [2.24, 2.45) is 0 Å². The van der Waals surface area contributed by atoms with Gasteiger partial charge in [-0.15, -0.1) is 11.8 Å². The molecule has 19 heavy (non-hydrogen) atoms. The summed E-state index contributed by atoms with van der Waals surface area (Å²) in [6.07, 6.45) is 1.75. The summed E-state index contributed by atoms with van der Waals surface area (Å²) in [5, 5.41) is 3.95. The lowest BCUT2D eigenvalue weighted by molar-refractivity contribution is 0.338. The van der Waals surface area contributed by atoms with E-state index < -0.39 is 0 Å². The molecule has 1 atom stereocenters. The van der Waals surface area contributed by atoms with E-state index in [1.165, 1.54) is 0 Å². The fourth-order valence-corrected chi connectivity index (χ4v) is 2.34. The van der Waals surface area contributed by atoms with Gasteiger partial charge in [0.15, 0.2) is 5.82 Å². The minimum Gasteiger partial charge on any atom is -0.492 e. The Morgan fingerprint density at radius 2 is 2.26 bits per heavy atom. The van der Waals surface area contributed by atoms with Gasteiger partial charge in [-0.2, -0.15) is 4.98 Å². The first-order valence-electron chi connectivity index (χ1n) is 6.18. The van der Waals surface area contributed by atoms with E-state index in [0.717, 1.165) is 17.2 Å². The molecule has 0 fully saturated rings. The average Bonchev–Trinajstić information content (AvgIpc) is 2.85. The Kier molecular flexibility index (Phi) is 4.79. The molecule has 2 heterocycles. The van der Waals surface area contributed by atoms with Gasteiger partial charge in [-0.05, 0) is 32.9 Å². The van der Waals surface area contributed by atoms with E-state index in [9.17, 15) is 0 Å². The van der Waals surface area contributed by atoms with E-state index in [1.807, 2.05) is 32.9 Å². The molecule has 0 saturated heterocycles. The molecule has 0 aliphatic carbocycles. The van der Waals surface area contributed by atoms with Crippen LogP contribution in [0.2, 0.25) is 0 Å². The highest BCUT2D eigenvalue weighted by molar-refractivity contribution is 7.98. The normalized spacial score (nSPS) is 12.4. The Morgan fingerprint density at radius 1 is 1.42 bits per heavy atom. The number of aromatic nitrogens is 3. The van der Waals surface area contributed by atoms with E-state index in [0.29, 0.717) is 18.3 Å². The molecule has 0 amide bonds. The molecule has 0 aliphatic heterocycles. The molecule has 0 radical (unpaired) electrons. The fraction of sp³-hybridized carbons (Fsp3) is 0.462. The number of hydrogen-bond acceptors (Lipinski definition) is 6. The van der Waals surface area contributed by atoms with Crippen LogP contribution in [0.1, 0.15) is 36.5 Å². The van der Waals surface area contributed by atoms with Crippen LogP contribution < -0.4 is 4.74 Å². The second-order valence-corrected chi connectivity index (χ2v) is 5.38. The van der Waals surface area contributed by atoms with Gasteiger partial charge in [0.2, 0.25) is 5.89 Å². The maximum absolute atomic E-state index is 5.36. The lowest BCUT2D eigenvalue weighted by Gasteiger charge is -2.07. The standard InChI is InChI=1S/C13H17N3O2S/c1-4-17-12-6-5-11(14-7-12)8-19-9(2)13-15-10(3)16-18-13/h5-7,9H,4,8H2,1-3H3/t9-/m1/s1. The van der Waals surface area contributed by atoms with Crippen molar-refractivity contribution in [3.63, 3.8) is 0 Å². The monoisotopic (exact) mass is 279 g/mol. The number of thioether (sulfide) groups is 1. The van der Waals surface area contributed by atoms with E-state index in [2.05, 4.69) is 15.1 Å². The zero-order chi connectivity index (χ0) is 13.7. The summed E-state index contributed by atoms with van der Waals surface area (Å²) in [4.78, 5) is 8.58. The molecule has 0 aliphatic rings. The molecular weight excluding hydrogens is 262 g/mol. The molecule has 2 rings (SSSR count). The molecule has 0 saturated carbocycles. The Hall–Kier alpha value is -1.56. The lowest BCUT2D eigenvalue weighted by Crippen LogP contribution is -1.95. The van der Waals surface area contributed by atoms with Gasteiger partial charge in [0, 0.05) is 5.75 Å². The lowest BCUT2D eigenvalue weighted by atomic mass is 10.4. The van der Waals surface area contributed by atoms with Crippen molar-refractivity contribution in [2.45, 2.75) is 31.8 Å². The summed E-state index contributed by atoms with van der Waals surface area (Å²) < 4.78 is 10.5. The van der Waals surface area contributed by atoms with Crippen molar-refractivity contribution in [1.82, 2.24) is 15.1 Å². The minimum absolute atomic E-state index is 0.162. The highest BCUT2D eigenvalue weighted by Gasteiger charge is 2.13. The zero-order valence-electron chi connectivity index (χ0n) is 11.3. The molecule has 2 aromatic rings. The van der Waals surface area contributed by atoms with Crippen LogP contribution in [0.25, 0.3) is 0 Å². The first kappa shape index (κ1) is 13.9. The first-order chi connectivity index (χ1) is 9.19. The van der Waals surface area contributed by atoms with Crippen molar-refractivity contribution in [3.05, 3.63) is 35.7 Å². The van der Waals surface area contributed by atoms with Crippen LogP contribution in [0.5, 0.6) is 5.75 Å². The Bertz CT molecular complexity index is 513. The van der Waals surface area contributed by atoms with Gasteiger partial charge in [-0.3, -0.25) is 4.98 Å². The van der Waals surface area contributed by atoms with E-state index in [1.54, 1.807) is 18.0 Å². The van der Waals surface area contributed by atoms with Crippen molar-refractivity contribution in [2.75, 3.05) is 6.61 Å². The summed E-state index contributed by atoms with van der Waals surface area (Å²) in [5.41, 5.74) is 1.01. The summed E-state index contributed by atoms with van der Waals surface area (Å²) >= 11 is 1.72. The smallest absolute Gasteiger partial charge is 0.239 e. The van der Waals surface area contributed by atoms with Crippen molar-refractivity contribution >= 4 is 11.8 Å². The number of hydrogen-bond donors (Lipinski definition) is 0. The molecule has 0 aromatic carbocycles. The van der Waals surface area contributed by atoms with Gasteiger partial charge in [-0.1, -0.05) is 5.16 Å². The number of pyridine rings is 1. The predicted molar refractivity (Wildman–Crippen MR) is 74.2 cm³/mol. The third kappa shape index (κ3) is 3.96. The van der Waals surface area contributed by atoms with Gasteiger partial charge in [0.1, 0.15) is 5.75 Å². The van der Waals surface area contributed by atoms with Crippen molar-refractivity contribution in [3.8, 4) is 5.75 Å². The maximum atomic E-state index is 5.36. The molecule has 0 spiro atoms. The molecule has 5 nitrogen and oxygen atoms in total. The van der Waals surface area contributed by atoms with Crippen LogP contribution >= 0.6 is 11.8 Å². The van der Waals surface area contributed by atoms with Crippen molar-refractivity contribution in [1.29, 1.82) is 0 Å². The molecule has 6 heteroatoms. The molecule has 102 valence electrons. The summed E-state index contributed by atoms with van der Waals surface area (Å²) in [6.45, 7) is 6.48. The largest absolute Gasteiger partial charge is 0.492 e. The maximum Gasteiger partial charge on any atom is 0.239 e. The average molecular weight is 279 g/mol. The van der Waals surface area contributed by atoms with Gasteiger partial charge >= 0.3 is 0 Å². The van der Waals surface area contributed by atoms with Gasteiger partial charge < -0.3 is 9.26 Å². The molecule has 0 N–H and O–H groups in total. The van der Waals surface area contributed by atoms with Gasteiger partial charge in [-0.25, -0.2) is 0 Å². The van der Waals surface area contributed by atoms with E-state index in [-0.39, 0.29) is 5.25 Å². The van der Waals surface area contributed by atoms with Crippen LogP contribution in [0, 0.1) is 6.92 Å². The molecule has 0 unspecified atom stereocenters. The van der Waals surface area contributed by atoms with Crippen LogP contribution in [-0.4, -0.2) is 21.7 Å². The SMILES string of the molecule is CCOc1ccc(CS[C@H](C)c2nc(C)no2)nc1. The first-order valence-corrected chi connectivity index (χ1v) is 7.23. The predicted octanol–water partition coefficient (Wildman–Crippen LogP) is 3.17. The number of nitrogens with zero attached hydrogens (tertiary/aromatic N) is 3. The third-order valence-corrected chi connectivity index (χ3v) is 3.64.